The Morgan fingerprint density at radius 2 is 2.25 bits per heavy atom. The van der Waals surface area contributed by atoms with Crippen LogP contribution in [0, 0.1) is 5.39 Å². The van der Waals surface area contributed by atoms with Gasteiger partial charge < -0.3 is 10.0 Å². The second-order valence-corrected chi connectivity index (χ2v) is 5.65. The second-order valence-electron chi connectivity index (χ2n) is 4.56. The molecule has 1 aromatic carbocycles. The first-order valence-corrected chi connectivity index (χ1v) is 7.64. The third-order valence-corrected chi connectivity index (χ3v) is 4.18. The zero-order chi connectivity index (χ0) is 14.2. The van der Waals surface area contributed by atoms with E-state index in [2.05, 4.69) is 29.3 Å². The first-order valence-electron chi connectivity index (χ1n) is 6.66. The van der Waals surface area contributed by atoms with Crippen LogP contribution in [0.4, 0.5) is 0 Å². The third-order valence-electron chi connectivity index (χ3n) is 3.21. The van der Waals surface area contributed by atoms with Crippen molar-refractivity contribution in [2.24, 2.45) is 0 Å². The Kier molecular flexibility index (Phi) is 5.51. The minimum Gasteiger partial charge on any atom is -0.489 e. The number of hydrogen-bond donors (Lipinski definition) is 1. The predicted molar refractivity (Wildman–Crippen MR) is 81.8 cm³/mol. The van der Waals surface area contributed by atoms with Crippen molar-refractivity contribution in [1.29, 1.82) is 5.39 Å². The molecule has 1 aromatic rings. The van der Waals surface area contributed by atoms with Gasteiger partial charge in [-0.1, -0.05) is 30.4 Å². The first-order chi connectivity index (χ1) is 9.81. The summed E-state index contributed by atoms with van der Waals surface area (Å²) in [6, 6.07) is 10.5. The molecule has 1 N–H and O–H groups in total. The third kappa shape index (κ3) is 4.04. The summed E-state index contributed by atoms with van der Waals surface area (Å²) >= 11 is 1.78. The lowest BCUT2D eigenvalue weighted by Crippen LogP contribution is -2.26. The quantitative estimate of drug-likeness (QED) is 0.385. The highest BCUT2D eigenvalue weighted by Crippen LogP contribution is 2.23. The molecule has 0 radical (unpaired) electrons. The van der Waals surface area contributed by atoms with Crippen LogP contribution in [-0.2, 0) is 0 Å². The van der Waals surface area contributed by atoms with Crippen LogP contribution in [0.15, 0.2) is 59.5 Å². The van der Waals surface area contributed by atoms with E-state index in [1.165, 1.54) is 4.90 Å². The molecule has 0 aromatic heterocycles. The van der Waals surface area contributed by atoms with Gasteiger partial charge in [-0.2, -0.15) is 0 Å². The highest BCUT2D eigenvalue weighted by Gasteiger charge is 2.25. The summed E-state index contributed by atoms with van der Waals surface area (Å²) in [5.74, 6) is 0.929. The van der Waals surface area contributed by atoms with Crippen molar-refractivity contribution in [3.8, 4) is 0 Å². The predicted octanol–water partition coefficient (Wildman–Crippen LogP) is 4.01. The number of rotatable bonds is 5. The Hall–Kier alpha value is -1.93. The van der Waals surface area contributed by atoms with E-state index < -0.39 is 0 Å². The average Bonchev–Trinajstić information content (AvgIpc) is 2.93. The maximum atomic E-state index is 9.75. The van der Waals surface area contributed by atoms with Crippen LogP contribution in [0.5, 0.6) is 0 Å². The molecule has 20 heavy (non-hydrogen) atoms. The molecule has 5 heteroatoms. The van der Waals surface area contributed by atoms with Gasteiger partial charge in [0, 0.05) is 17.2 Å². The van der Waals surface area contributed by atoms with E-state index in [-0.39, 0.29) is 11.9 Å². The Morgan fingerprint density at radius 1 is 1.45 bits per heavy atom. The summed E-state index contributed by atoms with van der Waals surface area (Å²) in [4.78, 5) is 5.97. The van der Waals surface area contributed by atoms with E-state index in [4.69, 9.17) is 5.39 Å². The summed E-state index contributed by atoms with van der Waals surface area (Å²) < 4.78 is 0. The zero-order valence-corrected chi connectivity index (χ0v) is 12.0. The molecule has 1 saturated heterocycles. The fourth-order valence-corrected chi connectivity index (χ4v) is 3.03. The van der Waals surface area contributed by atoms with Crippen molar-refractivity contribution in [3.05, 3.63) is 59.5 Å². The van der Waals surface area contributed by atoms with E-state index in [1.807, 2.05) is 23.1 Å². The van der Waals surface area contributed by atoms with Gasteiger partial charge in [0.05, 0.1) is 6.04 Å². The normalized spacial score (nSPS) is 19.4. The van der Waals surface area contributed by atoms with Gasteiger partial charge >= 0.3 is 6.20 Å². The lowest BCUT2D eigenvalue weighted by Gasteiger charge is -2.20. The molecule has 0 saturated carbocycles. The average molecular weight is 288 g/mol. The topological polar surface area (TPSA) is 51.6 Å². The van der Waals surface area contributed by atoms with Gasteiger partial charge in [-0.15, -0.1) is 11.8 Å². The number of likely N-dealkylation sites (tertiary alicyclic amines) is 1. The van der Waals surface area contributed by atoms with Gasteiger partial charge in [0.15, 0.2) is 4.98 Å². The van der Waals surface area contributed by atoms with Crippen molar-refractivity contribution in [2.45, 2.75) is 23.8 Å². The fourth-order valence-electron chi connectivity index (χ4n) is 2.28. The number of diazo groups is 1. The minimum absolute atomic E-state index is 0.0235. The number of hydrogen-bond acceptors (Lipinski definition) is 4. The molecular formula is C15H18N3OS+. The van der Waals surface area contributed by atoms with Crippen molar-refractivity contribution < 1.29 is 5.11 Å². The summed E-state index contributed by atoms with van der Waals surface area (Å²) in [6.45, 7) is 0.790. The molecule has 4 nitrogen and oxygen atoms in total. The summed E-state index contributed by atoms with van der Waals surface area (Å²) in [5, 5.41) is 18.2. The maximum absolute atomic E-state index is 9.75. The second kappa shape index (κ2) is 7.61. The van der Waals surface area contributed by atoms with Crippen LogP contribution >= 0.6 is 11.8 Å². The SMILES string of the molecule is N#[N+]/C=C(/O)N1CCC[C@H]1/C=C/CSc1ccccc1. The van der Waals surface area contributed by atoms with Crippen LogP contribution < -0.4 is 0 Å². The smallest absolute Gasteiger partial charge is 0.409 e. The molecule has 104 valence electrons. The van der Waals surface area contributed by atoms with Crippen molar-refractivity contribution in [1.82, 2.24) is 4.90 Å². The molecule has 2 rings (SSSR count). The standard InChI is InChI=1S/C15H17N3OS/c16-17-12-15(19)18-10-4-6-13(18)7-5-11-20-14-8-2-1-3-9-14/h1-3,5,7-9,12-13H,4,6,10-11H2/p+1/b7-5+,15-12+/t13-/m0/s1. The van der Waals surface area contributed by atoms with Gasteiger partial charge in [0.25, 0.3) is 5.88 Å². The van der Waals surface area contributed by atoms with Crippen molar-refractivity contribution in [3.63, 3.8) is 0 Å². The lowest BCUT2D eigenvalue weighted by atomic mass is 10.2. The number of aliphatic hydroxyl groups excluding tert-OH is 1. The number of benzene rings is 1. The van der Waals surface area contributed by atoms with Gasteiger partial charge in [0.1, 0.15) is 0 Å². The molecular weight excluding hydrogens is 270 g/mol. The molecule has 1 heterocycles. The van der Waals surface area contributed by atoms with Gasteiger partial charge in [-0.05, 0) is 25.0 Å². The Morgan fingerprint density at radius 3 is 3.00 bits per heavy atom. The van der Waals surface area contributed by atoms with Crippen LogP contribution in [-0.4, -0.2) is 28.3 Å². The molecule has 0 unspecified atom stereocenters. The molecule has 1 atom stereocenters. The molecule has 0 spiro atoms. The van der Waals surface area contributed by atoms with Gasteiger partial charge in [-0.3, -0.25) is 0 Å². The van der Waals surface area contributed by atoms with E-state index in [1.54, 1.807) is 11.8 Å². The minimum atomic E-state index is 0.0235. The lowest BCUT2D eigenvalue weighted by molar-refractivity contribution is 0.208. The number of thioether (sulfide) groups is 1. The Labute approximate surface area is 123 Å². The molecule has 1 aliphatic rings. The fraction of sp³-hybridized carbons (Fsp3) is 0.333. The molecule has 1 aliphatic heterocycles. The molecule has 0 aliphatic carbocycles. The van der Waals surface area contributed by atoms with Crippen molar-refractivity contribution >= 4 is 11.8 Å². The van der Waals surface area contributed by atoms with Crippen LogP contribution in [0.25, 0.3) is 4.98 Å². The summed E-state index contributed by atoms with van der Waals surface area (Å²) in [5.41, 5.74) is 0. The monoisotopic (exact) mass is 288 g/mol. The van der Waals surface area contributed by atoms with Crippen LogP contribution in [0.3, 0.4) is 0 Å². The van der Waals surface area contributed by atoms with E-state index in [0.29, 0.717) is 0 Å². The van der Waals surface area contributed by atoms with E-state index in [9.17, 15) is 5.11 Å². The van der Waals surface area contributed by atoms with Gasteiger partial charge in [0.2, 0.25) is 5.39 Å². The maximum Gasteiger partial charge on any atom is 0.409 e. The Bertz CT molecular complexity index is 522. The summed E-state index contributed by atoms with van der Waals surface area (Å²) in [7, 11) is 0. The highest BCUT2D eigenvalue weighted by molar-refractivity contribution is 7.99. The van der Waals surface area contributed by atoms with E-state index in [0.717, 1.165) is 31.3 Å². The number of aliphatic hydroxyl groups is 1. The molecule has 0 bridgehead atoms. The van der Waals surface area contributed by atoms with Crippen LogP contribution in [0.1, 0.15) is 12.8 Å². The zero-order valence-electron chi connectivity index (χ0n) is 11.2. The molecule has 1 fully saturated rings. The largest absolute Gasteiger partial charge is 0.489 e. The Balaban J connectivity index is 1.84. The first kappa shape index (κ1) is 14.5. The van der Waals surface area contributed by atoms with Crippen molar-refractivity contribution in [2.75, 3.05) is 12.3 Å². The number of nitrogens with zero attached hydrogens (tertiary/aromatic N) is 3. The highest BCUT2D eigenvalue weighted by atomic mass is 32.2. The molecule has 0 amide bonds. The van der Waals surface area contributed by atoms with Gasteiger partial charge in [-0.25, -0.2) is 0 Å². The van der Waals surface area contributed by atoms with E-state index >= 15 is 0 Å². The van der Waals surface area contributed by atoms with Crippen LogP contribution in [0.2, 0.25) is 0 Å². The summed E-state index contributed by atoms with van der Waals surface area (Å²) in [6.07, 6.45) is 7.36.